The highest BCUT2D eigenvalue weighted by atomic mass is 16.5. The Balaban J connectivity index is 1.14. The van der Waals surface area contributed by atoms with Crippen molar-refractivity contribution in [1.29, 1.82) is 0 Å². The molecular formula is C36H43N3O7. The Hall–Kier alpha value is -4.35. The molecule has 2 aliphatic rings. The molecule has 0 saturated carbocycles. The number of para-hydroxylation sites is 5. The predicted molar refractivity (Wildman–Crippen MR) is 176 cm³/mol. The molecule has 0 radical (unpaired) electrons. The van der Waals surface area contributed by atoms with Gasteiger partial charge in [0, 0.05) is 43.5 Å². The number of methoxy groups -OCH3 is 2. The van der Waals surface area contributed by atoms with Crippen LogP contribution in [0, 0.1) is 0 Å². The zero-order valence-corrected chi connectivity index (χ0v) is 26.4. The molecule has 0 aromatic heterocycles. The second-order valence-corrected chi connectivity index (χ2v) is 11.0. The van der Waals surface area contributed by atoms with Gasteiger partial charge in [0.05, 0.1) is 31.7 Å². The van der Waals surface area contributed by atoms with Gasteiger partial charge in [0.15, 0.2) is 23.0 Å². The van der Waals surface area contributed by atoms with Crippen LogP contribution >= 0.6 is 0 Å². The molecule has 0 saturated heterocycles. The fraction of sp³-hybridized carbons (Fsp3) is 0.361. The Morgan fingerprint density at radius 1 is 0.783 bits per heavy atom. The summed E-state index contributed by atoms with van der Waals surface area (Å²) in [6, 6.07) is 22.9. The molecule has 5 rings (SSSR count). The van der Waals surface area contributed by atoms with E-state index in [1.54, 1.807) is 14.2 Å². The predicted octanol–water partition coefficient (Wildman–Crippen LogP) is 2.10. The van der Waals surface area contributed by atoms with Gasteiger partial charge < -0.3 is 39.2 Å². The highest BCUT2D eigenvalue weighted by molar-refractivity contribution is 5.72. The lowest BCUT2D eigenvalue weighted by Gasteiger charge is -2.28. The first-order valence-electron chi connectivity index (χ1n) is 15.5. The fourth-order valence-corrected chi connectivity index (χ4v) is 5.49. The zero-order valence-electron chi connectivity index (χ0n) is 26.4. The standard InChI is InChI=1S/C36H43N3O7/c1-42-31-13-5-7-15-33(31)44-20-18-37-22-26(40)23-39(19-21-45-34-16-8-6-14-32(34)43-2)24-27(41)25-46-35-17-9-12-30-36(35)28-10-3-4-11-29(28)38-30/h3-17,26-27,30,37,40-41H,18-25H2,1-2H3/t26-,27+,30-/m0/s1. The van der Waals surface area contributed by atoms with E-state index in [1.807, 2.05) is 95.9 Å². The Bertz CT molecular complexity index is 1610. The Morgan fingerprint density at radius 3 is 2.13 bits per heavy atom. The number of ether oxygens (including phenoxy) is 5. The number of nitrogens with zero attached hydrogens (tertiary/aromatic N) is 2. The van der Waals surface area contributed by atoms with Crippen LogP contribution in [0.2, 0.25) is 0 Å². The third kappa shape index (κ3) is 8.88. The Kier molecular flexibility index (Phi) is 12.1. The average Bonchev–Trinajstić information content (AvgIpc) is 3.47. The number of rotatable bonds is 19. The second kappa shape index (κ2) is 16.8. The Morgan fingerprint density at radius 2 is 1.41 bits per heavy atom. The van der Waals surface area contributed by atoms with E-state index in [4.69, 9.17) is 28.7 Å². The van der Waals surface area contributed by atoms with Crippen LogP contribution in [0.5, 0.6) is 23.0 Å². The molecule has 3 N–H and O–H groups in total. The number of allylic oxidation sites excluding steroid dienone is 2. The maximum Gasteiger partial charge on any atom is 0.161 e. The van der Waals surface area contributed by atoms with Crippen LogP contribution in [0.3, 0.4) is 0 Å². The molecule has 0 unspecified atom stereocenters. The largest absolute Gasteiger partial charge is 0.493 e. The minimum atomic E-state index is -0.805. The summed E-state index contributed by atoms with van der Waals surface area (Å²) < 4.78 is 28.7. The van der Waals surface area contributed by atoms with Crippen molar-refractivity contribution in [3.8, 4) is 23.0 Å². The molecule has 0 spiro atoms. The molecule has 10 nitrogen and oxygen atoms in total. The first-order valence-corrected chi connectivity index (χ1v) is 15.5. The Labute approximate surface area is 269 Å². The molecule has 244 valence electrons. The van der Waals surface area contributed by atoms with Crippen LogP contribution in [-0.4, -0.2) is 100 Å². The molecular weight excluding hydrogens is 586 g/mol. The zero-order chi connectivity index (χ0) is 32.1. The smallest absolute Gasteiger partial charge is 0.161 e. The van der Waals surface area contributed by atoms with Gasteiger partial charge in [-0.1, -0.05) is 54.6 Å². The van der Waals surface area contributed by atoms with Crippen LogP contribution in [0.15, 0.2) is 102 Å². The fourth-order valence-electron chi connectivity index (χ4n) is 5.49. The lowest BCUT2D eigenvalue weighted by atomic mass is 10.00. The second-order valence-electron chi connectivity index (χ2n) is 11.0. The van der Waals surface area contributed by atoms with Gasteiger partial charge in [-0.05, 0) is 36.4 Å². The molecule has 1 aliphatic heterocycles. The van der Waals surface area contributed by atoms with E-state index in [-0.39, 0.29) is 19.2 Å². The van der Waals surface area contributed by atoms with Crippen molar-refractivity contribution in [1.82, 2.24) is 10.2 Å². The third-order valence-electron chi connectivity index (χ3n) is 7.66. The van der Waals surface area contributed by atoms with Crippen molar-refractivity contribution in [3.63, 3.8) is 0 Å². The SMILES string of the molecule is COc1ccccc1OCCNC[C@H](O)CN(CCOc1ccccc1OC)C[C@@H](O)COC1=CC=C[C@@H]2N=c3ccccc3=C12. The lowest BCUT2D eigenvalue weighted by molar-refractivity contribution is 0.0265. The number of aliphatic hydroxyl groups excluding tert-OH is 2. The summed E-state index contributed by atoms with van der Waals surface area (Å²) in [6.45, 7) is 2.83. The number of benzene rings is 3. The van der Waals surface area contributed by atoms with Crippen molar-refractivity contribution in [2.45, 2.75) is 18.2 Å². The molecule has 0 fully saturated rings. The van der Waals surface area contributed by atoms with Crippen LogP contribution in [-0.2, 0) is 4.74 Å². The van der Waals surface area contributed by atoms with Crippen molar-refractivity contribution >= 4 is 5.57 Å². The van der Waals surface area contributed by atoms with Crippen molar-refractivity contribution in [2.75, 3.05) is 66.8 Å². The molecule has 3 atom stereocenters. The van der Waals surface area contributed by atoms with E-state index in [2.05, 4.69) is 5.32 Å². The quantitative estimate of drug-likeness (QED) is 0.172. The number of fused-ring (bicyclic) bond motifs is 2. The molecule has 1 heterocycles. The first kappa shape index (κ1) is 33.0. The maximum atomic E-state index is 11.1. The normalized spacial score (nSPS) is 16.2. The molecule has 0 bridgehead atoms. The summed E-state index contributed by atoms with van der Waals surface area (Å²) in [7, 11) is 3.21. The van der Waals surface area contributed by atoms with Gasteiger partial charge in [0.1, 0.15) is 31.7 Å². The van der Waals surface area contributed by atoms with E-state index in [9.17, 15) is 10.2 Å². The van der Waals surface area contributed by atoms with Gasteiger partial charge in [-0.3, -0.25) is 9.89 Å². The lowest BCUT2D eigenvalue weighted by Crippen LogP contribution is -2.44. The number of aliphatic hydroxyl groups is 2. The third-order valence-corrected chi connectivity index (χ3v) is 7.66. The minimum absolute atomic E-state index is 0.0825. The summed E-state index contributed by atoms with van der Waals surface area (Å²) in [4.78, 5) is 6.76. The van der Waals surface area contributed by atoms with Gasteiger partial charge >= 0.3 is 0 Å². The molecule has 1 aliphatic carbocycles. The summed E-state index contributed by atoms with van der Waals surface area (Å²) in [5.74, 6) is 3.34. The number of hydrogen-bond donors (Lipinski definition) is 3. The average molecular weight is 630 g/mol. The minimum Gasteiger partial charge on any atom is -0.493 e. The summed E-state index contributed by atoms with van der Waals surface area (Å²) in [5.41, 5.74) is 1.02. The highest BCUT2D eigenvalue weighted by Gasteiger charge is 2.25. The molecule has 0 amide bonds. The van der Waals surface area contributed by atoms with E-state index in [1.165, 1.54) is 0 Å². The van der Waals surface area contributed by atoms with Gasteiger partial charge in [-0.2, -0.15) is 0 Å². The van der Waals surface area contributed by atoms with Crippen molar-refractivity contribution < 1.29 is 33.9 Å². The number of nitrogens with one attached hydrogen (secondary N) is 1. The topological polar surface area (TPSA) is 114 Å². The molecule has 3 aromatic carbocycles. The van der Waals surface area contributed by atoms with E-state index in [0.29, 0.717) is 68.2 Å². The van der Waals surface area contributed by atoms with Crippen molar-refractivity contribution in [2.24, 2.45) is 4.99 Å². The van der Waals surface area contributed by atoms with E-state index < -0.39 is 12.2 Å². The molecule has 46 heavy (non-hydrogen) atoms. The molecule has 3 aromatic rings. The molecule has 10 heteroatoms. The highest BCUT2D eigenvalue weighted by Crippen LogP contribution is 2.27. The summed E-state index contributed by atoms with van der Waals surface area (Å²) >= 11 is 0. The van der Waals surface area contributed by atoms with Crippen LogP contribution in [0.4, 0.5) is 0 Å². The van der Waals surface area contributed by atoms with Gasteiger partial charge in [-0.25, -0.2) is 0 Å². The van der Waals surface area contributed by atoms with E-state index >= 15 is 0 Å². The van der Waals surface area contributed by atoms with Crippen molar-refractivity contribution in [3.05, 3.63) is 107 Å². The van der Waals surface area contributed by atoms with Crippen LogP contribution in [0.1, 0.15) is 0 Å². The van der Waals surface area contributed by atoms with Gasteiger partial charge in [0.25, 0.3) is 0 Å². The first-order chi connectivity index (χ1) is 22.6. The van der Waals surface area contributed by atoms with E-state index in [0.717, 1.165) is 16.1 Å². The van der Waals surface area contributed by atoms with Gasteiger partial charge in [-0.15, -0.1) is 0 Å². The summed E-state index contributed by atoms with van der Waals surface area (Å²) in [5, 5.41) is 27.2. The van der Waals surface area contributed by atoms with Crippen LogP contribution < -0.4 is 34.8 Å². The number of hydrogen-bond acceptors (Lipinski definition) is 10. The van der Waals surface area contributed by atoms with Gasteiger partial charge in [0.2, 0.25) is 0 Å². The monoisotopic (exact) mass is 629 g/mol. The van der Waals surface area contributed by atoms with Crippen LogP contribution in [0.25, 0.3) is 5.57 Å². The maximum absolute atomic E-state index is 11.1. The summed E-state index contributed by atoms with van der Waals surface area (Å²) in [6.07, 6.45) is 4.41.